The molecule has 1 aromatic rings. The number of nitrogens with zero attached hydrogens (tertiary/aromatic N) is 1. The second-order valence-electron chi connectivity index (χ2n) is 4.28. The number of hydrogen-bond donors (Lipinski definition) is 1. The van der Waals surface area contributed by atoms with E-state index < -0.39 is 29.7 Å². The van der Waals surface area contributed by atoms with Gasteiger partial charge in [0.2, 0.25) is 0 Å². The maximum Gasteiger partial charge on any atom is 0.331 e. The number of carbonyl (C=O) groups excluding carboxylic acids is 2. The van der Waals surface area contributed by atoms with Crippen molar-refractivity contribution < 1.29 is 19.1 Å². The summed E-state index contributed by atoms with van der Waals surface area (Å²) in [6.07, 6.45) is -1.07. The maximum absolute atomic E-state index is 12.2. The number of rotatable bonds is 6. The molecule has 0 radical (unpaired) electrons. The molecule has 0 saturated carbocycles. The van der Waals surface area contributed by atoms with Crippen LogP contribution in [0.1, 0.15) is 0 Å². The molecular formula is C13H14Cl4N2O4. The number of ether oxygens (including phenoxy) is 2. The van der Waals surface area contributed by atoms with Crippen molar-refractivity contribution in [1.29, 1.82) is 0 Å². The first-order valence-electron chi connectivity index (χ1n) is 6.21. The van der Waals surface area contributed by atoms with E-state index in [0.29, 0.717) is 10.7 Å². The van der Waals surface area contributed by atoms with Crippen LogP contribution in [0.25, 0.3) is 0 Å². The highest BCUT2D eigenvalue weighted by molar-refractivity contribution is 6.44. The van der Waals surface area contributed by atoms with Crippen molar-refractivity contribution >= 4 is 64.1 Å². The number of urea groups is 1. The molecule has 1 unspecified atom stereocenters. The molecule has 0 aliphatic heterocycles. The Morgan fingerprint density at radius 3 is 2.48 bits per heavy atom. The Labute approximate surface area is 153 Å². The number of esters is 1. The highest BCUT2D eigenvalue weighted by atomic mass is 35.5. The topological polar surface area (TPSA) is 67.9 Å². The average Bonchev–Trinajstić information content (AvgIpc) is 2.49. The van der Waals surface area contributed by atoms with Gasteiger partial charge in [0, 0.05) is 12.1 Å². The largest absolute Gasteiger partial charge is 0.467 e. The van der Waals surface area contributed by atoms with Gasteiger partial charge in [-0.15, -0.1) is 23.2 Å². The van der Waals surface area contributed by atoms with Crippen LogP contribution in [0.3, 0.4) is 0 Å². The fourth-order valence-electron chi connectivity index (χ4n) is 1.48. The number of anilines is 1. The molecule has 6 nitrogen and oxygen atoms in total. The summed E-state index contributed by atoms with van der Waals surface area (Å²) in [6, 6.07) is 4.01. The summed E-state index contributed by atoms with van der Waals surface area (Å²) >= 11 is 23.3. The molecule has 0 spiro atoms. The van der Waals surface area contributed by atoms with Crippen LogP contribution in [0.4, 0.5) is 10.5 Å². The lowest BCUT2D eigenvalue weighted by atomic mass is 10.3. The molecule has 0 saturated heterocycles. The summed E-state index contributed by atoms with van der Waals surface area (Å²) in [4.78, 5) is 23.3. The van der Waals surface area contributed by atoms with Gasteiger partial charge in [-0.05, 0) is 18.2 Å². The molecule has 23 heavy (non-hydrogen) atoms. The van der Waals surface area contributed by atoms with Crippen LogP contribution in [-0.4, -0.2) is 48.7 Å². The first-order valence-corrected chi connectivity index (χ1v) is 7.84. The zero-order valence-electron chi connectivity index (χ0n) is 12.2. The lowest BCUT2D eigenvalue weighted by Crippen LogP contribution is -2.45. The van der Waals surface area contributed by atoms with Gasteiger partial charge >= 0.3 is 12.0 Å². The number of carbonyl (C=O) groups is 2. The number of amides is 2. The zero-order chi connectivity index (χ0) is 17.6. The predicted octanol–water partition coefficient (Wildman–Crippen LogP) is 3.78. The summed E-state index contributed by atoms with van der Waals surface area (Å²) in [5, 5.41) is 3.25. The maximum atomic E-state index is 12.2. The van der Waals surface area contributed by atoms with E-state index in [0.717, 1.165) is 4.90 Å². The van der Waals surface area contributed by atoms with Crippen LogP contribution in [0.2, 0.25) is 10.0 Å². The summed E-state index contributed by atoms with van der Waals surface area (Å²) in [5.74, 6) is -0.626. The molecule has 1 aromatic carbocycles. The van der Waals surface area contributed by atoms with Crippen LogP contribution in [0.5, 0.6) is 0 Å². The van der Waals surface area contributed by atoms with Crippen LogP contribution >= 0.6 is 46.4 Å². The van der Waals surface area contributed by atoms with Crippen molar-refractivity contribution in [2.75, 3.05) is 26.1 Å². The molecular weight excluding hydrogens is 390 g/mol. The predicted molar refractivity (Wildman–Crippen MR) is 90.5 cm³/mol. The number of benzene rings is 1. The minimum Gasteiger partial charge on any atom is -0.467 e. The molecule has 0 aromatic heterocycles. The molecule has 0 fully saturated rings. The van der Waals surface area contributed by atoms with Crippen LogP contribution in [0.15, 0.2) is 18.2 Å². The standard InChI is InChI=1S/C13H14Cl4N2O4/c1-19(12(11(16)17)23-6-10(20)22-2)13(21)18-9-4-3-7(14)5-8(9)15/h3-5,11-12H,6H2,1-2H3,(H,18,21). The lowest BCUT2D eigenvalue weighted by Gasteiger charge is -2.28. The van der Waals surface area contributed by atoms with Crippen molar-refractivity contribution in [3.8, 4) is 0 Å². The molecule has 0 aliphatic carbocycles. The quantitative estimate of drug-likeness (QED) is 0.445. The number of alkyl halides is 2. The van der Waals surface area contributed by atoms with Crippen molar-refractivity contribution in [1.82, 2.24) is 4.90 Å². The van der Waals surface area contributed by atoms with Crippen LogP contribution < -0.4 is 5.32 Å². The Kier molecular flexibility index (Phi) is 8.22. The van der Waals surface area contributed by atoms with Crippen molar-refractivity contribution in [2.45, 2.75) is 11.1 Å². The molecule has 1 N–H and O–H groups in total. The SMILES string of the molecule is COC(=O)COC(C(Cl)Cl)N(C)C(=O)Nc1ccc(Cl)cc1Cl. The molecule has 0 bridgehead atoms. The monoisotopic (exact) mass is 402 g/mol. The van der Waals surface area contributed by atoms with E-state index in [4.69, 9.17) is 51.1 Å². The fraction of sp³-hybridized carbons (Fsp3) is 0.385. The van der Waals surface area contributed by atoms with Crippen molar-refractivity contribution in [3.63, 3.8) is 0 Å². The highest BCUT2D eigenvalue weighted by Gasteiger charge is 2.28. The van der Waals surface area contributed by atoms with E-state index >= 15 is 0 Å². The number of methoxy groups -OCH3 is 1. The minimum absolute atomic E-state index is 0.263. The van der Waals surface area contributed by atoms with Gasteiger partial charge in [-0.25, -0.2) is 9.59 Å². The second-order valence-corrected chi connectivity index (χ2v) is 6.28. The molecule has 1 atom stereocenters. The van der Waals surface area contributed by atoms with Crippen molar-refractivity contribution in [3.05, 3.63) is 28.2 Å². The molecule has 0 heterocycles. The first kappa shape index (κ1) is 20.1. The normalized spacial score (nSPS) is 12.0. The Balaban J connectivity index is 2.76. The fourth-order valence-corrected chi connectivity index (χ4v) is 2.41. The lowest BCUT2D eigenvalue weighted by molar-refractivity contribution is -0.150. The Hall–Kier alpha value is -0.920. The van der Waals surface area contributed by atoms with Gasteiger partial charge in [0.15, 0.2) is 11.1 Å². The summed E-state index contributed by atoms with van der Waals surface area (Å²) in [7, 11) is 2.61. The molecule has 1 rings (SSSR count). The zero-order valence-corrected chi connectivity index (χ0v) is 15.2. The van der Waals surface area contributed by atoms with E-state index in [1.807, 2.05) is 0 Å². The van der Waals surface area contributed by atoms with E-state index in [2.05, 4.69) is 10.1 Å². The smallest absolute Gasteiger partial charge is 0.331 e. The van der Waals surface area contributed by atoms with E-state index in [9.17, 15) is 9.59 Å². The van der Waals surface area contributed by atoms with E-state index in [-0.39, 0.29) is 5.02 Å². The van der Waals surface area contributed by atoms with E-state index in [1.165, 1.54) is 20.2 Å². The molecule has 128 valence electrons. The van der Waals surface area contributed by atoms with Gasteiger partial charge in [0.25, 0.3) is 0 Å². The highest BCUT2D eigenvalue weighted by Crippen LogP contribution is 2.26. The average molecular weight is 404 g/mol. The Bertz CT molecular complexity index is 571. The first-order chi connectivity index (χ1) is 10.8. The van der Waals surface area contributed by atoms with E-state index in [1.54, 1.807) is 12.1 Å². The van der Waals surface area contributed by atoms with Gasteiger partial charge < -0.3 is 14.8 Å². The van der Waals surface area contributed by atoms with Crippen LogP contribution in [0, 0.1) is 0 Å². The number of nitrogens with one attached hydrogen (secondary N) is 1. The van der Waals surface area contributed by atoms with Gasteiger partial charge in [-0.3, -0.25) is 4.90 Å². The summed E-state index contributed by atoms with van der Waals surface area (Å²) in [5.41, 5.74) is 0.348. The minimum atomic E-state index is -1.09. The van der Waals surface area contributed by atoms with Gasteiger partial charge in [-0.2, -0.15) is 0 Å². The Morgan fingerprint density at radius 1 is 1.30 bits per heavy atom. The molecule has 2 amide bonds. The number of hydrogen-bond acceptors (Lipinski definition) is 4. The third-order valence-corrected chi connectivity index (χ3v) is 3.67. The van der Waals surface area contributed by atoms with Gasteiger partial charge in [-0.1, -0.05) is 23.2 Å². The van der Waals surface area contributed by atoms with Crippen LogP contribution in [-0.2, 0) is 14.3 Å². The molecule has 10 heteroatoms. The third-order valence-electron chi connectivity index (χ3n) is 2.69. The second kappa shape index (κ2) is 9.39. The Morgan fingerprint density at radius 2 is 1.96 bits per heavy atom. The van der Waals surface area contributed by atoms with Gasteiger partial charge in [0.1, 0.15) is 6.61 Å². The van der Waals surface area contributed by atoms with Gasteiger partial charge in [0.05, 0.1) is 17.8 Å². The number of halogens is 4. The third kappa shape index (κ3) is 6.24. The van der Waals surface area contributed by atoms with Crippen molar-refractivity contribution in [2.24, 2.45) is 0 Å². The molecule has 0 aliphatic rings. The summed E-state index contributed by atoms with van der Waals surface area (Å²) < 4.78 is 9.64. The summed E-state index contributed by atoms with van der Waals surface area (Å²) in [6.45, 7) is -0.406.